The Balaban J connectivity index is 2.06. The highest BCUT2D eigenvalue weighted by molar-refractivity contribution is 5.99. The third kappa shape index (κ3) is 3.38. The van der Waals surface area contributed by atoms with Crippen LogP contribution in [0.2, 0.25) is 0 Å². The minimum Gasteiger partial charge on any atom is -0.398 e. The predicted octanol–water partition coefficient (Wildman–Crippen LogP) is 3.49. The number of rotatable bonds is 4. The van der Waals surface area contributed by atoms with Gasteiger partial charge in [-0.25, -0.2) is 0 Å². The van der Waals surface area contributed by atoms with E-state index in [1.165, 1.54) is 11.1 Å². The van der Waals surface area contributed by atoms with E-state index < -0.39 is 0 Å². The van der Waals surface area contributed by atoms with Gasteiger partial charge in [0.25, 0.3) is 0 Å². The fourth-order valence-corrected chi connectivity index (χ4v) is 2.18. The molecular weight excluding hydrogens is 248 g/mol. The molecule has 0 aliphatic carbocycles. The summed E-state index contributed by atoms with van der Waals surface area (Å²) in [7, 11) is 0. The van der Waals surface area contributed by atoms with Gasteiger partial charge < -0.3 is 11.1 Å². The fourth-order valence-electron chi connectivity index (χ4n) is 2.18. The van der Waals surface area contributed by atoms with Crippen LogP contribution in [0.5, 0.6) is 0 Å². The van der Waals surface area contributed by atoms with Crippen LogP contribution >= 0.6 is 0 Å². The van der Waals surface area contributed by atoms with Crippen LogP contribution in [0.3, 0.4) is 0 Å². The van der Waals surface area contributed by atoms with Crippen molar-refractivity contribution in [3.8, 4) is 0 Å². The number of aryl methyl sites for hydroxylation is 3. The Morgan fingerprint density at radius 1 is 1.05 bits per heavy atom. The van der Waals surface area contributed by atoms with Gasteiger partial charge in [0.05, 0.1) is 6.54 Å². The number of carbonyl (C=O) groups is 1. The summed E-state index contributed by atoms with van der Waals surface area (Å²) in [6.45, 7) is 6.28. The molecule has 0 unspecified atom stereocenters. The van der Waals surface area contributed by atoms with Crippen LogP contribution in [0, 0.1) is 20.8 Å². The number of benzene rings is 2. The maximum atomic E-state index is 12.1. The highest BCUT2D eigenvalue weighted by Crippen LogP contribution is 2.15. The quantitative estimate of drug-likeness (QED) is 0.659. The van der Waals surface area contributed by atoms with Crippen LogP contribution in [0.25, 0.3) is 0 Å². The molecule has 104 valence electrons. The molecular formula is C17H20N2O. The van der Waals surface area contributed by atoms with E-state index in [9.17, 15) is 4.79 Å². The topological polar surface area (TPSA) is 55.1 Å². The van der Waals surface area contributed by atoms with E-state index in [0.29, 0.717) is 11.3 Å². The van der Waals surface area contributed by atoms with Gasteiger partial charge in [0.1, 0.15) is 0 Å². The van der Waals surface area contributed by atoms with E-state index >= 15 is 0 Å². The van der Waals surface area contributed by atoms with Crippen LogP contribution in [-0.2, 0) is 0 Å². The Kier molecular flexibility index (Phi) is 4.08. The average molecular weight is 268 g/mol. The van der Waals surface area contributed by atoms with Gasteiger partial charge in [-0.05, 0) is 55.7 Å². The van der Waals surface area contributed by atoms with Crippen LogP contribution in [0.1, 0.15) is 27.0 Å². The molecule has 0 saturated carbocycles. The standard InChI is InChI=1S/C17H20N2O/c1-11-6-12(2)8-15(7-11)19-10-17(20)14-5-4-13(3)16(18)9-14/h4-9,19H,10,18H2,1-3H3. The zero-order valence-corrected chi connectivity index (χ0v) is 12.2. The van der Waals surface area contributed by atoms with Crippen molar-refractivity contribution >= 4 is 17.2 Å². The number of anilines is 2. The smallest absolute Gasteiger partial charge is 0.181 e. The van der Waals surface area contributed by atoms with Gasteiger partial charge in [0, 0.05) is 16.9 Å². The largest absolute Gasteiger partial charge is 0.398 e. The summed E-state index contributed by atoms with van der Waals surface area (Å²) in [5.41, 5.74) is 11.4. The summed E-state index contributed by atoms with van der Waals surface area (Å²) >= 11 is 0. The zero-order chi connectivity index (χ0) is 14.7. The lowest BCUT2D eigenvalue weighted by Gasteiger charge is -2.09. The van der Waals surface area contributed by atoms with Gasteiger partial charge in [-0.15, -0.1) is 0 Å². The molecule has 0 saturated heterocycles. The number of carbonyl (C=O) groups excluding carboxylic acids is 1. The number of ketones is 1. The van der Waals surface area contributed by atoms with Crippen molar-refractivity contribution < 1.29 is 4.79 Å². The fraction of sp³-hybridized carbons (Fsp3) is 0.235. The second-order valence-electron chi connectivity index (χ2n) is 5.22. The minimum absolute atomic E-state index is 0.0378. The highest BCUT2D eigenvalue weighted by Gasteiger charge is 2.07. The number of nitrogens with two attached hydrogens (primary N) is 1. The van der Waals surface area contributed by atoms with Crippen LogP contribution < -0.4 is 11.1 Å². The first-order chi connectivity index (χ1) is 9.45. The Bertz CT molecular complexity index is 627. The first-order valence-corrected chi connectivity index (χ1v) is 6.67. The van der Waals surface area contributed by atoms with E-state index in [0.717, 1.165) is 11.3 Å². The zero-order valence-electron chi connectivity index (χ0n) is 12.2. The Hall–Kier alpha value is -2.29. The van der Waals surface area contributed by atoms with Gasteiger partial charge >= 0.3 is 0 Å². The minimum atomic E-state index is 0.0378. The molecule has 0 aliphatic heterocycles. The van der Waals surface area contributed by atoms with E-state index in [4.69, 9.17) is 5.73 Å². The maximum absolute atomic E-state index is 12.1. The van der Waals surface area contributed by atoms with Crippen molar-refractivity contribution in [2.75, 3.05) is 17.6 Å². The van der Waals surface area contributed by atoms with Crippen LogP contribution in [0.4, 0.5) is 11.4 Å². The predicted molar refractivity (Wildman–Crippen MR) is 84.3 cm³/mol. The van der Waals surface area contributed by atoms with Crippen LogP contribution in [0.15, 0.2) is 36.4 Å². The molecule has 20 heavy (non-hydrogen) atoms. The molecule has 3 heteroatoms. The molecule has 0 spiro atoms. The van der Waals surface area contributed by atoms with Gasteiger partial charge in [-0.3, -0.25) is 4.79 Å². The van der Waals surface area contributed by atoms with E-state index in [-0.39, 0.29) is 12.3 Å². The third-order valence-electron chi connectivity index (χ3n) is 3.28. The SMILES string of the molecule is Cc1cc(C)cc(NCC(=O)c2ccc(C)c(N)c2)c1. The first kappa shape index (κ1) is 14.1. The lowest BCUT2D eigenvalue weighted by Crippen LogP contribution is -2.14. The van der Waals surface area contributed by atoms with Crippen molar-refractivity contribution in [2.45, 2.75) is 20.8 Å². The van der Waals surface area contributed by atoms with E-state index in [1.54, 1.807) is 6.07 Å². The lowest BCUT2D eigenvalue weighted by atomic mass is 10.1. The lowest BCUT2D eigenvalue weighted by molar-refractivity contribution is 0.101. The molecule has 0 radical (unpaired) electrons. The maximum Gasteiger partial charge on any atom is 0.181 e. The Morgan fingerprint density at radius 3 is 2.30 bits per heavy atom. The molecule has 2 rings (SSSR count). The second kappa shape index (κ2) is 5.78. The Morgan fingerprint density at radius 2 is 1.70 bits per heavy atom. The molecule has 2 aromatic rings. The van der Waals surface area contributed by atoms with Crippen molar-refractivity contribution in [1.82, 2.24) is 0 Å². The molecule has 0 fully saturated rings. The number of nitrogen functional groups attached to an aromatic ring is 1. The summed E-state index contributed by atoms with van der Waals surface area (Å²) < 4.78 is 0. The highest BCUT2D eigenvalue weighted by atomic mass is 16.1. The van der Waals surface area contributed by atoms with Crippen molar-refractivity contribution in [3.63, 3.8) is 0 Å². The molecule has 0 heterocycles. The molecule has 0 atom stereocenters. The van der Waals surface area contributed by atoms with Gasteiger partial charge in [0.2, 0.25) is 0 Å². The molecule has 0 aromatic heterocycles. The molecule has 3 N–H and O–H groups in total. The van der Waals surface area contributed by atoms with Crippen LogP contribution in [-0.4, -0.2) is 12.3 Å². The van der Waals surface area contributed by atoms with Crippen molar-refractivity contribution in [3.05, 3.63) is 58.7 Å². The van der Waals surface area contributed by atoms with Gasteiger partial charge in [-0.1, -0.05) is 18.2 Å². The summed E-state index contributed by atoms with van der Waals surface area (Å²) in [6, 6.07) is 11.6. The third-order valence-corrected chi connectivity index (χ3v) is 3.28. The average Bonchev–Trinajstić information content (AvgIpc) is 2.38. The van der Waals surface area contributed by atoms with Gasteiger partial charge in [-0.2, -0.15) is 0 Å². The monoisotopic (exact) mass is 268 g/mol. The summed E-state index contributed by atoms with van der Waals surface area (Å²) in [5, 5.41) is 3.17. The van der Waals surface area contributed by atoms with Crippen molar-refractivity contribution in [2.24, 2.45) is 0 Å². The summed E-state index contributed by atoms with van der Waals surface area (Å²) in [4.78, 5) is 12.1. The Labute approximate surface area is 119 Å². The molecule has 0 aliphatic rings. The van der Waals surface area contributed by atoms with E-state index in [1.807, 2.05) is 45.0 Å². The van der Waals surface area contributed by atoms with Crippen molar-refractivity contribution in [1.29, 1.82) is 0 Å². The normalized spacial score (nSPS) is 10.3. The molecule has 0 amide bonds. The van der Waals surface area contributed by atoms with Gasteiger partial charge in [0.15, 0.2) is 5.78 Å². The van der Waals surface area contributed by atoms with E-state index in [2.05, 4.69) is 11.4 Å². The second-order valence-corrected chi connectivity index (χ2v) is 5.22. The molecule has 3 nitrogen and oxygen atoms in total. The number of nitrogens with one attached hydrogen (secondary N) is 1. The number of hydrogen-bond donors (Lipinski definition) is 2. The molecule has 0 bridgehead atoms. The number of hydrogen-bond acceptors (Lipinski definition) is 3. The first-order valence-electron chi connectivity index (χ1n) is 6.67. The number of Topliss-reactive ketones (excluding diaryl/α,β-unsaturated/α-hetero) is 1. The molecule has 2 aromatic carbocycles. The summed E-state index contributed by atoms with van der Waals surface area (Å²) in [6.07, 6.45) is 0. The summed E-state index contributed by atoms with van der Waals surface area (Å²) in [5.74, 6) is 0.0378.